The fourth-order valence-electron chi connectivity index (χ4n) is 2.63. The maximum absolute atomic E-state index is 12.7. The lowest BCUT2D eigenvalue weighted by atomic mass is 10.2. The first-order valence-corrected chi connectivity index (χ1v) is 9.12. The van der Waals surface area contributed by atoms with Gasteiger partial charge in [0.05, 0.1) is 16.9 Å². The normalized spacial score (nSPS) is 16.8. The van der Waals surface area contributed by atoms with Crippen molar-refractivity contribution in [1.82, 2.24) is 9.55 Å². The summed E-state index contributed by atoms with van der Waals surface area (Å²) in [5, 5.41) is 1.56. The van der Waals surface area contributed by atoms with Crippen LogP contribution in [0.4, 0.5) is 0 Å². The Labute approximate surface area is 136 Å². The average Bonchev–Trinajstić information content (AvgIpc) is 2.97. The predicted molar refractivity (Wildman–Crippen MR) is 92.9 cm³/mol. The van der Waals surface area contributed by atoms with Crippen molar-refractivity contribution in [1.29, 1.82) is 0 Å². The number of aromatic nitrogens is 2. The number of para-hydroxylation sites is 1. The molecule has 0 radical (unpaired) electrons. The summed E-state index contributed by atoms with van der Waals surface area (Å²) in [6.07, 6.45) is 0. The zero-order valence-electron chi connectivity index (χ0n) is 11.8. The zero-order chi connectivity index (χ0) is 14.9. The van der Waals surface area contributed by atoms with Gasteiger partial charge in [-0.2, -0.15) is 0 Å². The summed E-state index contributed by atoms with van der Waals surface area (Å²) in [4.78, 5) is 18.6. The van der Waals surface area contributed by atoms with Gasteiger partial charge in [0.15, 0.2) is 5.16 Å². The van der Waals surface area contributed by atoms with Crippen LogP contribution in [0.3, 0.4) is 0 Å². The van der Waals surface area contributed by atoms with E-state index in [0.717, 1.165) is 22.2 Å². The molecule has 3 nitrogen and oxygen atoms in total. The molecule has 0 spiro atoms. The topological polar surface area (TPSA) is 34.9 Å². The van der Waals surface area contributed by atoms with Crippen molar-refractivity contribution in [3.63, 3.8) is 0 Å². The third-order valence-corrected chi connectivity index (χ3v) is 5.99. The quantitative estimate of drug-likeness (QED) is 0.541. The Kier molecular flexibility index (Phi) is 3.68. The second-order valence-corrected chi connectivity index (χ2v) is 7.26. The number of rotatable bonds is 3. The number of thioether (sulfide) groups is 2. The van der Waals surface area contributed by atoms with Crippen molar-refractivity contribution in [2.24, 2.45) is 0 Å². The largest absolute Gasteiger partial charge is 0.282 e. The summed E-state index contributed by atoms with van der Waals surface area (Å²) >= 11 is 3.47. The lowest BCUT2D eigenvalue weighted by Crippen LogP contribution is -2.25. The van der Waals surface area contributed by atoms with Gasteiger partial charge in [0.2, 0.25) is 0 Å². The van der Waals surface area contributed by atoms with Gasteiger partial charge < -0.3 is 0 Å². The van der Waals surface area contributed by atoms with Gasteiger partial charge in [0.1, 0.15) is 0 Å². The molecule has 0 saturated carbocycles. The Bertz CT molecular complexity index is 877. The van der Waals surface area contributed by atoms with Gasteiger partial charge in [-0.15, -0.1) is 11.8 Å². The second-order valence-electron chi connectivity index (χ2n) is 5.18. The van der Waals surface area contributed by atoms with E-state index in [0.29, 0.717) is 5.39 Å². The lowest BCUT2D eigenvalue weighted by molar-refractivity contribution is 0.558. The molecule has 0 saturated heterocycles. The van der Waals surface area contributed by atoms with E-state index in [-0.39, 0.29) is 11.6 Å². The Morgan fingerprint density at radius 1 is 1.14 bits per heavy atom. The summed E-state index contributed by atoms with van der Waals surface area (Å²) in [5.41, 5.74) is 0.881. The van der Waals surface area contributed by atoms with Gasteiger partial charge in [-0.3, -0.25) is 9.36 Å². The van der Waals surface area contributed by atoms with Crippen LogP contribution < -0.4 is 5.56 Å². The molecule has 4 rings (SSSR count). The highest BCUT2D eigenvalue weighted by molar-refractivity contribution is 8.00. The van der Waals surface area contributed by atoms with Crippen LogP contribution in [0.25, 0.3) is 10.9 Å². The van der Waals surface area contributed by atoms with Gasteiger partial charge >= 0.3 is 0 Å². The summed E-state index contributed by atoms with van der Waals surface area (Å²) in [6.45, 7) is 0. The van der Waals surface area contributed by atoms with Crippen molar-refractivity contribution in [3.8, 4) is 0 Å². The summed E-state index contributed by atoms with van der Waals surface area (Å²) < 4.78 is 1.88. The van der Waals surface area contributed by atoms with Crippen molar-refractivity contribution >= 4 is 34.4 Å². The van der Waals surface area contributed by atoms with E-state index >= 15 is 0 Å². The van der Waals surface area contributed by atoms with Crippen LogP contribution >= 0.6 is 23.5 Å². The SMILES string of the molecule is O=c1c2ccccc2nc2n1[C@@H](CSc1ccccc1)CS2. The number of nitrogens with zero attached hydrogens (tertiary/aromatic N) is 2. The Morgan fingerprint density at radius 2 is 1.91 bits per heavy atom. The van der Waals surface area contributed by atoms with Crippen molar-refractivity contribution in [3.05, 3.63) is 65.0 Å². The highest BCUT2D eigenvalue weighted by Crippen LogP contribution is 2.34. The van der Waals surface area contributed by atoms with Crippen molar-refractivity contribution < 1.29 is 0 Å². The highest BCUT2D eigenvalue weighted by atomic mass is 32.2. The number of hydrogen-bond acceptors (Lipinski definition) is 4. The van der Waals surface area contributed by atoms with E-state index in [1.54, 1.807) is 23.5 Å². The van der Waals surface area contributed by atoms with Crippen molar-refractivity contribution in [2.75, 3.05) is 11.5 Å². The molecule has 3 aromatic rings. The molecule has 1 aliphatic rings. The number of hydrogen-bond donors (Lipinski definition) is 0. The molecule has 5 heteroatoms. The smallest absolute Gasteiger partial charge is 0.262 e. The second kappa shape index (κ2) is 5.82. The molecule has 1 aromatic heterocycles. The first kappa shape index (κ1) is 13.9. The molecular formula is C17H14N2OS2. The molecule has 1 aliphatic heterocycles. The number of benzene rings is 2. The van der Waals surface area contributed by atoms with Crippen LogP contribution in [0.1, 0.15) is 6.04 Å². The maximum Gasteiger partial charge on any atom is 0.262 e. The van der Waals surface area contributed by atoms with E-state index in [1.807, 2.05) is 47.0 Å². The third-order valence-electron chi connectivity index (χ3n) is 3.73. The minimum atomic E-state index is 0.0873. The lowest BCUT2D eigenvalue weighted by Gasteiger charge is -2.13. The molecule has 0 aliphatic carbocycles. The minimum absolute atomic E-state index is 0.0873. The van der Waals surface area contributed by atoms with Crippen LogP contribution in [-0.4, -0.2) is 21.1 Å². The third kappa shape index (κ3) is 2.44. The Hall–Kier alpha value is -1.72. The number of fused-ring (bicyclic) bond motifs is 2. The first-order chi connectivity index (χ1) is 10.8. The summed E-state index contributed by atoms with van der Waals surface area (Å²) in [5.74, 6) is 1.81. The maximum atomic E-state index is 12.7. The summed E-state index contributed by atoms with van der Waals surface area (Å²) in [7, 11) is 0. The molecule has 0 fully saturated rings. The van der Waals surface area contributed by atoms with E-state index < -0.39 is 0 Å². The molecule has 2 aromatic carbocycles. The minimum Gasteiger partial charge on any atom is -0.282 e. The molecule has 110 valence electrons. The molecule has 0 unspecified atom stereocenters. The van der Waals surface area contributed by atoms with Crippen molar-refractivity contribution in [2.45, 2.75) is 16.1 Å². The van der Waals surface area contributed by atoms with E-state index in [1.165, 1.54) is 4.90 Å². The van der Waals surface area contributed by atoms with Crippen LogP contribution in [0, 0.1) is 0 Å². The van der Waals surface area contributed by atoms with Crippen LogP contribution in [0.2, 0.25) is 0 Å². The average molecular weight is 326 g/mol. The van der Waals surface area contributed by atoms with E-state index in [9.17, 15) is 4.79 Å². The van der Waals surface area contributed by atoms with Crippen LogP contribution in [0.15, 0.2) is 69.4 Å². The molecule has 0 amide bonds. The van der Waals surface area contributed by atoms with Crippen LogP contribution in [-0.2, 0) is 0 Å². The molecule has 2 heterocycles. The zero-order valence-corrected chi connectivity index (χ0v) is 13.4. The Morgan fingerprint density at radius 3 is 2.77 bits per heavy atom. The monoisotopic (exact) mass is 326 g/mol. The molecule has 0 bridgehead atoms. The van der Waals surface area contributed by atoms with E-state index in [4.69, 9.17) is 0 Å². The fourth-order valence-corrected chi connectivity index (χ4v) is 4.92. The standard InChI is InChI=1S/C17H14N2OS2/c20-16-14-8-4-5-9-15(14)18-17-19(16)12(11-22-17)10-21-13-6-2-1-3-7-13/h1-9,12H,10-11H2/t12-/m0/s1. The van der Waals surface area contributed by atoms with Gasteiger partial charge in [-0.25, -0.2) is 4.98 Å². The Balaban J connectivity index is 1.67. The predicted octanol–water partition coefficient (Wildman–Crippen LogP) is 3.84. The molecular weight excluding hydrogens is 312 g/mol. The first-order valence-electron chi connectivity index (χ1n) is 7.15. The summed E-state index contributed by atoms with van der Waals surface area (Å²) in [6, 6.07) is 18.1. The molecule has 0 N–H and O–H groups in total. The highest BCUT2D eigenvalue weighted by Gasteiger charge is 2.26. The van der Waals surface area contributed by atoms with Gasteiger partial charge in [-0.1, -0.05) is 42.1 Å². The van der Waals surface area contributed by atoms with E-state index in [2.05, 4.69) is 17.1 Å². The van der Waals surface area contributed by atoms with Gasteiger partial charge in [0.25, 0.3) is 5.56 Å². The molecule has 1 atom stereocenters. The van der Waals surface area contributed by atoms with Gasteiger partial charge in [0, 0.05) is 16.4 Å². The molecule has 22 heavy (non-hydrogen) atoms. The van der Waals surface area contributed by atoms with Crippen LogP contribution in [0.5, 0.6) is 0 Å². The van der Waals surface area contributed by atoms with Gasteiger partial charge in [-0.05, 0) is 24.3 Å². The fraction of sp³-hybridized carbons (Fsp3) is 0.176.